The summed E-state index contributed by atoms with van der Waals surface area (Å²) in [5, 5.41) is 6.23. The Morgan fingerprint density at radius 1 is 0.290 bits per heavy atom. The largest absolute Gasteiger partial charge is 0.264 e. The van der Waals surface area contributed by atoms with Crippen molar-refractivity contribution in [1.82, 2.24) is 39.9 Å². The third-order valence-corrected chi connectivity index (χ3v) is 11.5. The summed E-state index contributed by atoms with van der Waals surface area (Å²) in [5.41, 5.74) is 12.0. The van der Waals surface area contributed by atoms with Gasteiger partial charge in [0.2, 0.25) is 0 Å². The van der Waals surface area contributed by atoms with Crippen LogP contribution in [0.1, 0.15) is 0 Å². The standard InChI is InChI=1S/C54H32N8/c1-2-9-36-26-39(20-17-33(36)8-1)53-60-52(35-18-15-34(16-19-35)40-12-3-21-55-32-40)61-54(62-53)43-28-41(48-44-13-6-22-56-46(44)30-37-10-4-24-58-50(37)48)27-42(29-43)49-45-14-7-23-57-47(45)31-38-11-5-25-59-51(38)49/h1-32H. The number of fused-ring (bicyclic) bond motifs is 5. The number of rotatable bonds is 6. The normalized spacial score (nSPS) is 11.5. The van der Waals surface area contributed by atoms with Crippen LogP contribution in [-0.2, 0) is 0 Å². The number of aromatic nitrogens is 8. The zero-order valence-corrected chi connectivity index (χ0v) is 33.1. The maximum Gasteiger partial charge on any atom is 0.164 e. The van der Waals surface area contributed by atoms with Gasteiger partial charge in [0, 0.05) is 86.5 Å². The summed E-state index contributed by atoms with van der Waals surface area (Å²) in [5.74, 6) is 1.66. The van der Waals surface area contributed by atoms with Crippen LogP contribution in [0.2, 0.25) is 0 Å². The minimum atomic E-state index is 0.531. The summed E-state index contributed by atoms with van der Waals surface area (Å²) in [6.07, 6.45) is 11.0. The summed E-state index contributed by atoms with van der Waals surface area (Å²) in [6.45, 7) is 0. The van der Waals surface area contributed by atoms with Gasteiger partial charge < -0.3 is 0 Å². The fourth-order valence-corrected chi connectivity index (χ4v) is 8.59. The molecule has 0 spiro atoms. The Labute approximate surface area is 355 Å². The van der Waals surface area contributed by atoms with Crippen molar-refractivity contribution in [3.05, 3.63) is 195 Å². The number of hydrogen-bond donors (Lipinski definition) is 0. The molecule has 0 aliphatic carbocycles. The fraction of sp³-hybridized carbons (Fsp3) is 0. The molecular formula is C54H32N8. The van der Waals surface area contributed by atoms with Gasteiger partial charge in [-0.15, -0.1) is 0 Å². The molecule has 62 heavy (non-hydrogen) atoms. The summed E-state index contributed by atoms with van der Waals surface area (Å²) in [6, 6.07) is 54.1. The second kappa shape index (κ2) is 14.6. The number of benzene rings is 6. The highest BCUT2D eigenvalue weighted by Crippen LogP contribution is 2.42. The number of pyridine rings is 5. The van der Waals surface area contributed by atoms with Crippen molar-refractivity contribution in [2.75, 3.05) is 0 Å². The maximum atomic E-state index is 5.30. The van der Waals surface area contributed by atoms with Gasteiger partial charge in [-0.05, 0) is 99.8 Å². The Morgan fingerprint density at radius 3 is 1.42 bits per heavy atom. The predicted octanol–water partition coefficient (Wildman–Crippen LogP) is 12.6. The zero-order valence-electron chi connectivity index (χ0n) is 33.1. The molecule has 0 saturated carbocycles. The molecule has 12 rings (SSSR count). The lowest BCUT2D eigenvalue weighted by molar-refractivity contribution is 1.07. The van der Waals surface area contributed by atoms with Crippen LogP contribution < -0.4 is 0 Å². The summed E-state index contributed by atoms with van der Waals surface area (Å²) in [4.78, 5) is 39.7. The quantitative estimate of drug-likeness (QED) is 0.153. The van der Waals surface area contributed by atoms with Gasteiger partial charge in [0.05, 0.1) is 22.1 Å². The molecule has 12 aromatic rings. The van der Waals surface area contributed by atoms with Gasteiger partial charge in [-0.1, -0.05) is 91.0 Å². The Bertz CT molecular complexity index is 3460. The summed E-state index contributed by atoms with van der Waals surface area (Å²) >= 11 is 0. The van der Waals surface area contributed by atoms with E-state index >= 15 is 0 Å². The molecule has 8 heteroatoms. The first-order valence-corrected chi connectivity index (χ1v) is 20.4. The lowest BCUT2D eigenvalue weighted by Gasteiger charge is -2.16. The molecule has 0 saturated heterocycles. The van der Waals surface area contributed by atoms with Crippen LogP contribution in [0.15, 0.2) is 195 Å². The monoisotopic (exact) mass is 792 g/mol. The van der Waals surface area contributed by atoms with Crippen molar-refractivity contribution in [1.29, 1.82) is 0 Å². The lowest BCUT2D eigenvalue weighted by atomic mass is 9.90. The van der Waals surface area contributed by atoms with Crippen molar-refractivity contribution < 1.29 is 0 Å². The third-order valence-electron chi connectivity index (χ3n) is 11.5. The van der Waals surface area contributed by atoms with Gasteiger partial charge in [-0.3, -0.25) is 24.9 Å². The predicted molar refractivity (Wildman–Crippen MR) is 249 cm³/mol. The Morgan fingerprint density at radius 2 is 0.790 bits per heavy atom. The minimum Gasteiger partial charge on any atom is -0.264 e. The smallest absolute Gasteiger partial charge is 0.164 e. The second-order valence-corrected chi connectivity index (χ2v) is 15.3. The molecular weight excluding hydrogens is 761 g/mol. The van der Waals surface area contributed by atoms with E-state index in [0.717, 1.165) is 104 Å². The van der Waals surface area contributed by atoms with E-state index in [1.807, 2.05) is 61.3 Å². The highest BCUT2D eigenvalue weighted by molar-refractivity contribution is 6.13. The molecule has 0 N–H and O–H groups in total. The molecule has 0 fully saturated rings. The minimum absolute atomic E-state index is 0.531. The first kappa shape index (κ1) is 35.3. The molecule has 0 radical (unpaired) electrons. The molecule has 0 aliphatic rings. The van der Waals surface area contributed by atoms with Gasteiger partial charge in [0.25, 0.3) is 0 Å². The van der Waals surface area contributed by atoms with E-state index in [0.29, 0.717) is 17.5 Å². The number of nitrogens with zero attached hydrogens (tertiary/aromatic N) is 8. The van der Waals surface area contributed by atoms with Crippen LogP contribution in [0, 0.1) is 0 Å². The molecule has 6 aromatic carbocycles. The van der Waals surface area contributed by atoms with E-state index in [2.05, 4.69) is 132 Å². The van der Waals surface area contributed by atoms with Gasteiger partial charge in [0.15, 0.2) is 17.5 Å². The third kappa shape index (κ3) is 6.17. The van der Waals surface area contributed by atoms with Crippen LogP contribution >= 0.6 is 0 Å². The molecule has 288 valence electrons. The van der Waals surface area contributed by atoms with Crippen LogP contribution in [0.25, 0.3) is 122 Å². The van der Waals surface area contributed by atoms with Gasteiger partial charge in [-0.2, -0.15) is 0 Å². The molecule has 0 atom stereocenters. The van der Waals surface area contributed by atoms with Gasteiger partial charge in [-0.25, -0.2) is 15.0 Å². The van der Waals surface area contributed by atoms with Gasteiger partial charge in [0.1, 0.15) is 0 Å². The molecule has 6 aromatic heterocycles. The number of hydrogen-bond acceptors (Lipinski definition) is 8. The van der Waals surface area contributed by atoms with Crippen molar-refractivity contribution in [3.63, 3.8) is 0 Å². The molecule has 6 heterocycles. The van der Waals surface area contributed by atoms with Crippen molar-refractivity contribution in [3.8, 4) is 67.5 Å². The topological polar surface area (TPSA) is 103 Å². The van der Waals surface area contributed by atoms with Crippen molar-refractivity contribution >= 4 is 54.4 Å². The SMILES string of the molecule is c1cncc(-c2ccc(-c3nc(-c4cc(-c5c6cccnc6cc6cccnc56)cc(-c5c6cccnc6cc6cccnc56)c4)nc(-c4ccc5ccccc5c4)n3)cc2)c1. The van der Waals surface area contributed by atoms with Crippen molar-refractivity contribution in [2.45, 2.75) is 0 Å². The van der Waals surface area contributed by atoms with E-state index in [1.54, 1.807) is 6.20 Å². The van der Waals surface area contributed by atoms with Crippen LogP contribution in [-0.4, -0.2) is 39.9 Å². The highest BCUT2D eigenvalue weighted by atomic mass is 15.0. The van der Waals surface area contributed by atoms with Crippen molar-refractivity contribution in [2.24, 2.45) is 0 Å². The molecule has 8 nitrogen and oxygen atoms in total. The van der Waals surface area contributed by atoms with Crippen LogP contribution in [0.5, 0.6) is 0 Å². The molecule has 0 amide bonds. The van der Waals surface area contributed by atoms with Crippen LogP contribution in [0.4, 0.5) is 0 Å². The Kier molecular flexibility index (Phi) is 8.31. The molecule has 0 aliphatic heterocycles. The van der Waals surface area contributed by atoms with E-state index < -0.39 is 0 Å². The zero-order chi connectivity index (χ0) is 41.0. The molecule has 0 unspecified atom stereocenters. The average Bonchev–Trinajstić information content (AvgIpc) is 3.34. The van der Waals surface area contributed by atoms with Crippen LogP contribution in [0.3, 0.4) is 0 Å². The first-order valence-electron chi connectivity index (χ1n) is 20.4. The first-order chi connectivity index (χ1) is 30.7. The van der Waals surface area contributed by atoms with E-state index in [4.69, 9.17) is 34.9 Å². The fourth-order valence-electron chi connectivity index (χ4n) is 8.59. The van der Waals surface area contributed by atoms with Gasteiger partial charge >= 0.3 is 0 Å². The van der Waals surface area contributed by atoms with E-state index in [1.165, 1.54) is 0 Å². The average molecular weight is 793 g/mol. The Balaban J connectivity index is 1.15. The Hall–Kier alpha value is -8.62. The highest BCUT2D eigenvalue weighted by Gasteiger charge is 2.20. The van der Waals surface area contributed by atoms with E-state index in [9.17, 15) is 0 Å². The summed E-state index contributed by atoms with van der Waals surface area (Å²) < 4.78 is 0. The lowest BCUT2D eigenvalue weighted by Crippen LogP contribution is -2.01. The maximum absolute atomic E-state index is 5.30. The molecule has 0 bridgehead atoms. The van der Waals surface area contributed by atoms with E-state index in [-0.39, 0.29) is 0 Å². The summed E-state index contributed by atoms with van der Waals surface area (Å²) in [7, 11) is 0. The second-order valence-electron chi connectivity index (χ2n) is 15.3.